The van der Waals surface area contributed by atoms with Gasteiger partial charge in [-0.1, -0.05) is 6.92 Å². The number of ketones is 1. The number of hydrogen-bond acceptors (Lipinski definition) is 5. The van der Waals surface area contributed by atoms with Crippen molar-refractivity contribution in [3.05, 3.63) is 29.9 Å². The highest BCUT2D eigenvalue weighted by atomic mass is 32.2. The van der Waals surface area contributed by atoms with Gasteiger partial charge in [-0.15, -0.1) is 11.8 Å². The molecule has 2 aliphatic heterocycles. The molecule has 0 bridgehead atoms. The fourth-order valence-corrected chi connectivity index (χ4v) is 4.27. The third-order valence-corrected chi connectivity index (χ3v) is 6.80. The summed E-state index contributed by atoms with van der Waals surface area (Å²) in [6.45, 7) is 9.05. The molecule has 1 unspecified atom stereocenters. The lowest BCUT2D eigenvalue weighted by Gasteiger charge is -2.44. The Morgan fingerprint density at radius 3 is 2.69 bits per heavy atom. The number of hydrogen-bond donors (Lipinski definition) is 0. The number of carbonyl (C=O) groups is 2. The first-order chi connectivity index (χ1) is 12.4. The van der Waals surface area contributed by atoms with E-state index in [2.05, 4.69) is 30.0 Å². The van der Waals surface area contributed by atoms with Crippen molar-refractivity contribution in [1.29, 1.82) is 0 Å². The van der Waals surface area contributed by atoms with E-state index in [0.29, 0.717) is 18.8 Å². The Hall–Kier alpha value is -1.60. The smallest absolute Gasteiger partial charge is 0.246 e. The van der Waals surface area contributed by atoms with E-state index < -0.39 is 0 Å². The summed E-state index contributed by atoms with van der Waals surface area (Å²) in [7, 11) is 0. The monoisotopic (exact) mass is 376 g/mol. The molecule has 1 aromatic heterocycles. The van der Waals surface area contributed by atoms with Crippen LogP contribution < -0.4 is 0 Å². The van der Waals surface area contributed by atoms with Gasteiger partial charge in [0.25, 0.3) is 0 Å². The second-order valence-corrected chi connectivity index (χ2v) is 8.43. The number of nitrogens with zero attached hydrogens (tertiary/aromatic N) is 4. The van der Waals surface area contributed by atoms with E-state index in [0.717, 1.165) is 25.3 Å². The van der Waals surface area contributed by atoms with Gasteiger partial charge in [-0.25, -0.2) is 4.98 Å². The topological polar surface area (TPSA) is 58.4 Å². The van der Waals surface area contributed by atoms with E-state index in [1.54, 1.807) is 31.0 Å². The predicted molar refractivity (Wildman–Crippen MR) is 104 cm³/mol. The molecular weight excluding hydrogens is 348 g/mol. The maximum Gasteiger partial charge on any atom is 0.246 e. The maximum atomic E-state index is 12.8. The van der Waals surface area contributed by atoms with E-state index in [1.807, 2.05) is 15.5 Å². The number of likely N-dealkylation sites (tertiary alicyclic amines) is 1. The lowest BCUT2D eigenvalue weighted by atomic mass is 10.1. The molecule has 1 fully saturated rings. The largest absolute Gasteiger partial charge is 0.330 e. The van der Waals surface area contributed by atoms with Crippen LogP contribution in [0.2, 0.25) is 0 Å². The fraction of sp³-hybridized carbons (Fsp3) is 0.632. The molecule has 1 saturated heterocycles. The summed E-state index contributed by atoms with van der Waals surface area (Å²) in [4.78, 5) is 33.1. The number of fused-ring (bicyclic) bond motifs is 1. The summed E-state index contributed by atoms with van der Waals surface area (Å²) < 4.78 is 2.02. The van der Waals surface area contributed by atoms with Crippen molar-refractivity contribution in [2.75, 3.05) is 25.9 Å². The van der Waals surface area contributed by atoms with Crippen molar-refractivity contribution >= 4 is 23.5 Å². The molecule has 2 atom stereocenters. The number of carbonyl (C=O) groups excluding carboxylic acids is 2. The zero-order valence-electron chi connectivity index (χ0n) is 16.1. The standard InChI is InChI=1S/C19H28N4O2S/c1-5-15-12-21(13-17-20-11-16(14(2)24)23(15)17)18(25)7-8-19(3,26-4)22-9-6-10-22/h7-8,11,15H,5-6,9-10,12-13H2,1-4H3/b8-7+/t15?,19-/m0/s1. The summed E-state index contributed by atoms with van der Waals surface area (Å²) >= 11 is 1.76. The molecule has 0 radical (unpaired) electrons. The van der Waals surface area contributed by atoms with E-state index in [9.17, 15) is 9.59 Å². The van der Waals surface area contributed by atoms with Crippen molar-refractivity contribution in [3.63, 3.8) is 0 Å². The van der Waals surface area contributed by atoms with Gasteiger partial charge in [-0.3, -0.25) is 14.5 Å². The zero-order chi connectivity index (χ0) is 18.9. The quantitative estimate of drug-likeness (QED) is 0.564. The van der Waals surface area contributed by atoms with Crippen LogP contribution in [-0.2, 0) is 11.3 Å². The SMILES string of the molecule is CCC1CN(C(=O)/C=C/[C@](C)(SC)N2CCC2)Cc2ncc(C(C)=O)n21. The Morgan fingerprint density at radius 2 is 2.15 bits per heavy atom. The number of amides is 1. The molecule has 26 heavy (non-hydrogen) atoms. The van der Waals surface area contributed by atoms with E-state index in [-0.39, 0.29) is 22.6 Å². The summed E-state index contributed by atoms with van der Waals surface area (Å²) in [5, 5.41) is 0. The van der Waals surface area contributed by atoms with Gasteiger partial charge in [0.1, 0.15) is 11.5 Å². The molecule has 0 aromatic carbocycles. The Kier molecular flexibility index (Phi) is 5.58. The van der Waals surface area contributed by atoms with Gasteiger partial charge in [0, 0.05) is 32.6 Å². The number of thioether (sulfide) groups is 1. The van der Waals surface area contributed by atoms with Gasteiger partial charge >= 0.3 is 0 Å². The van der Waals surface area contributed by atoms with Crippen molar-refractivity contribution in [1.82, 2.24) is 19.4 Å². The fourth-order valence-electron chi connectivity index (χ4n) is 3.63. The first-order valence-corrected chi connectivity index (χ1v) is 10.5. The van der Waals surface area contributed by atoms with Gasteiger partial charge in [0.05, 0.1) is 23.7 Å². The number of Topliss-reactive ketones (excluding diaryl/α,β-unsaturated/α-hetero) is 1. The minimum absolute atomic E-state index is 0.0165. The normalized spacial score (nSPS) is 22.8. The van der Waals surface area contributed by atoms with Crippen molar-refractivity contribution in [2.45, 2.75) is 51.1 Å². The molecule has 0 aliphatic carbocycles. The highest BCUT2D eigenvalue weighted by molar-refractivity contribution is 8.00. The lowest BCUT2D eigenvalue weighted by Crippen LogP contribution is -2.50. The number of aromatic nitrogens is 2. The van der Waals surface area contributed by atoms with Crippen molar-refractivity contribution in [2.24, 2.45) is 0 Å². The zero-order valence-corrected chi connectivity index (χ0v) is 16.9. The van der Waals surface area contributed by atoms with Gasteiger partial charge in [0.15, 0.2) is 5.78 Å². The first-order valence-electron chi connectivity index (χ1n) is 9.25. The highest BCUT2D eigenvalue weighted by Gasteiger charge is 2.33. The van der Waals surface area contributed by atoms with Gasteiger partial charge in [0.2, 0.25) is 5.91 Å². The average molecular weight is 377 g/mol. The molecule has 0 N–H and O–H groups in total. The molecular formula is C19H28N4O2S. The van der Waals surface area contributed by atoms with Crippen LogP contribution in [0, 0.1) is 0 Å². The minimum Gasteiger partial charge on any atom is -0.330 e. The Morgan fingerprint density at radius 1 is 1.42 bits per heavy atom. The van der Waals surface area contributed by atoms with E-state index in [1.165, 1.54) is 6.42 Å². The molecule has 0 spiro atoms. The van der Waals surface area contributed by atoms with Gasteiger partial charge in [-0.05, 0) is 32.1 Å². The Balaban J connectivity index is 1.76. The molecule has 7 heteroatoms. The lowest BCUT2D eigenvalue weighted by molar-refractivity contribution is -0.128. The van der Waals surface area contributed by atoms with Crippen LogP contribution in [0.3, 0.4) is 0 Å². The molecule has 3 heterocycles. The molecule has 1 aromatic rings. The summed E-state index contributed by atoms with van der Waals surface area (Å²) in [6.07, 6.45) is 9.55. The predicted octanol–water partition coefficient (Wildman–Crippen LogP) is 2.72. The van der Waals surface area contributed by atoms with E-state index in [4.69, 9.17) is 0 Å². The third kappa shape index (κ3) is 3.47. The second-order valence-electron chi connectivity index (χ2n) is 7.20. The van der Waals surface area contributed by atoms with Crippen LogP contribution in [0.25, 0.3) is 0 Å². The highest BCUT2D eigenvalue weighted by Crippen LogP contribution is 2.33. The van der Waals surface area contributed by atoms with Crippen LogP contribution in [-0.4, -0.2) is 61.8 Å². The average Bonchev–Trinajstić information content (AvgIpc) is 3.01. The van der Waals surface area contributed by atoms with Crippen LogP contribution >= 0.6 is 11.8 Å². The number of rotatable bonds is 6. The Bertz CT molecular complexity index is 725. The third-order valence-electron chi connectivity index (χ3n) is 5.58. The minimum atomic E-state index is -0.131. The molecule has 0 saturated carbocycles. The van der Waals surface area contributed by atoms with Crippen molar-refractivity contribution in [3.8, 4) is 0 Å². The molecule has 3 rings (SSSR count). The second kappa shape index (κ2) is 7.56. The number of imidazole rings is 1. The summed E-state index contributed by atoms with van der Waals surface area (Å²) in [5.74, 6) is 0.834. The molecule has 142 valence electrons. The summed E-state index contributed by atoms with van der Waals surface area (Å²) in [6, 6.07) is 0.0971. The van der Waals surface area contributed by atoms with Gasteiger partial charge in [-0.2, -0.15) is 0 Å². The molecule has 2 aliphatic rings. The molecule has 1 amide bonds. The van der Waals surface area contributed by atoms with Crippen LogP contribution in [0.5, 0.6) is 0 Å². The van der Waals surface area contributed by atoms with E-state index >= 15 is 0 Å². The van der Waals surface area contributed by atoms with Crippen LogP contribution in [0.4, 0.5) is 0 Å². The molecule has 6 nitrogen and oxygen atoms in total. The summed E-state index contributed by atoms with van der Waals surface area (Å²) in [5.41, 5.74) is 0.641. The van der Waals surface area contributed by atoms with Crippen molar-refractivity contribution < 1.29 is 9.59 Å². The first kappa shape index (κ1) is 19.2. The Labute approximate surface area is 159 Å². The van der Waals surface area contributed by atoms with Gasteiger partial charge < -0.3 is 9.47 Å². The maximum absolute atomic E-state index is 12.8. The van der Waals surface area contributed by atoms with Crippen LogP contribution in [0.1, 0.15) is 56.0 Å². The van der Waals surface area contributed by atoms with Crippen LogP contribution in [0.15, 0.2) is 18.3 Å².